The summed E-state index contributed by atoms with van der Waals surface area (Å²) in [6.07, 6.45) is -1.28. The van der Waals surface area contributed by atoms with Gasteiger partial charge in [-0.15, -0.1) is 0 Å². The molecule has 2 aliphatic heterocycles. The molecule has 2 amide bonds. The second kappa shape index (κ2) is 11.5. The SMILES string of the molecule is COc1cc(C2C3C(=O)N(c4ccc([N+](=O)[O-])cc4)C(=O)C3ON2c2ccc([N+](=O)[O-])cc2)ccc1OC(=O)c1ccccc1. The second-order valence-corrected chi connectivity index (χ2v) is 10.0. The highest BCUT2D eigenvalue weighted by Gasteiger charge is 2.60. The van der Waals surface area contributed by atoms with Crippen molar-refractivity contribution >= 4 is 40.5 Å². The van der Waals surface area contributed by atoms with Crippen molar-refractivity contribution in [2.45, 2.75) is 12.1 Å². The van der Waals surface area contributed by atoms with Crippen molar-refractivity contribution in [3.8, 4) is 11.5 Å². The number of rotatable bonds is 8. The third-order valence-corrected chi connectivity index (χ3v) is 7.49. The van der Waals surface area contributed by atoms with E-state index in [-0.39, 0.29) is 28.6 Å². The molecule has 3 atom stereocenters. The molecule has 2 heterocycles. The average Bonchev–Trinajstić information content (AvgIpc) is 3.56. The first-order chi connectivity index (χ1) is 21.7. The van der Waals surface area contributed by atoms with Crippen LogP contribution in [0.4, 0.5) is 22.7 Å². The number of carbonyl (C=O) groups excluding carboxylic acids is 3. The van der Waals surface area contributed by atoms with Crippen molar-refractivity contribution in [2.24, 2.45) is 5.92 Å². The van der Waals surface area contributed by atoms with Crippen LogP contribution in [0.3, 0.4) is 0 Å². The molecule has 0 N–H and O–H groups in total. The number of methoxy groups -OCH3 is 1. The van der Waals surface area contributed by atoms with E-state index in [1.165, 1.54) is 66.8 Å². The number of nitro groups is 2. The van der Waals surface area contributed by atoms with Gasteiger partial charge in [-0.25, -0.2) is 14.8 Å². The van der Waals surface area contributed by atoms with Crippen molar-refractivity contribution in [3.63, 3.8) is 0 Å². The van der Waals surface area contributed by atoms with Crippen molar-refractivity contribution in [1.29, 1.82) is 0 Å². The average molecular weight is 611 g/mol. The number of hydroxylamine groups is 1. The molecule has 45 heavy (non-hydrogen) atoms. The van der Waals surface area contributed by atoms with Crippen molar-refractivity contribution in [2.75, 3.05) is 17.1 Å². The summed E-state index contributed by atoms with van der Waals surface area (Å²) in [6.45, 7) is 0. The minimum absolute atomic E-state index is 0.105. The van der Waals surface area contributed by atoms with Gasteiger partial charge in [-0.2, -0.15) is 0 Å². The maximum atomic E-state index is 13.9. The van der Waals surface area contributed by atoms with Crippen LogP contribution < -0.4 is 19.4 Å². The summed E-state index contributed by atoms with van der Waals surface area (Å²) >= 11 is 0. The number of hydrogen-bond donors (Lipinski definition) is 0. The fraction of sp³-hybridized carbons (Fsp3) is 0.129. The van der Waals surface area contributed by atoms with Crippen LogP contribution in [0.1, 0.15) is 22.0 Å². The minimum atomic E-state index is -1.28. The molecular weight excluding hydrogens is 588 g/mol. The van der Waals surface area contributed by atoms with Gasteiger partial charge in [0, 0.05) is 24.3 Å². The van der Waals surface area contributed by atoms with Crippen LogP contribution in [0, 0.1) is 26.1 Å². The Labute approximate surface area is 254 Å². The molecule has 0 saturated carbocycles. The highest BCUT2D eigenvalue weighted by molar-refractivity contribution is 6.24. The molecule has 4 aromatic carbocycles. The van der Waals surface area contributed by atoms with E-state index >= 15 is 0 Å². The number of nitro benzene ring substituents is 2. The van der Waals surface area contributed by atoms with Crippen LogP contribution in [0.15, 0.2) is 97.1 Å². The summed E-state index contributed by atoms with van der Waals surface area (Å²) in [7, 11) is 1.38. The van der Waals surface area contributed by atoms with Gasteiger partial charge < -0.3 is 9.47 Å². The normalized spacial score (nSPS) is 18.9. The highest BCUT2D eigenvalue weighted by atomic mass is 16.7. The van der Waals surface area contributed by atoms with Crippen molar-refractivity contribution in [3.05, 3.63) is 128 Å². The number of benzene rings is 4. The molecular formula is C31H22N4O10. The molecule has 4 aromatic rings. The zero-order valence-corrected chi connectivity index (χ0v) is 23.3. The summed E-state index contributed by atoms with van der Waals surface area (Å²) in [5.74, 6) is -2.75. The number of imide groups is 1. The Morgan fingerprint density at radius 3 is 1.96 bits per heavy atom. The fourth-order valence-electron chi connectivity index (χ4n) is 5.36. The van der Waals surface area contributed by atoms with E-state index in [0.29, 0.717) is 16.8 Å². The maximum absolute atomic E-state index is 13.9. The fourth-order valence-corrected chi connectivity index (χ4v) is 5.36. The van der Waals surface area contributed by atoms with E-state index in [1.54, 1.807) is 42.5 Å². The zero-order valence-electron chi connectivity index (χ0n) is 23.3. The molecule has 0 aromatic heterocycles. The third kappa shape index (κ3) is 5.19. The number of nitrogens with zero attached hydrogens (tertiary/aromatic N) is 4. The van der Waals surface area contributed by atoms with E-state index < -0.39 is 45.7 Å². The Hall–Kier alpha value is -6.15. The lowest BCUT2D eigenvalue weighted by Gasteiger charge is -2.29. The van der Waals surface area contributed by atoms with Gasteiger partial charge in [0.15, 0.2) is 17.6 Å². The number of hydrogen-bond acceptors (Lipinski definition) is 11. The Kier molecular flexibility index (Phi) is 7.40. The highest BCUT2D eigenvalue weighted by Crippen LogP contribution is 2.49. The van der Waals surface area contributed by atoms with Crippen LogP contribution >= 0.6 is 0 Å². The molecule has 226 valence electrons. The topological polar surface area (TPSA) is 172 Å². The van der Waals surface area contributed by atoms with Crippen LogP contribution in [0.5, 0.6) is 11.5 Å². The summed E-state index contributed by atoms with van der Waals surface area (Å²) in [5.41, 5.74) is 0.857. The Balaban J connectivity index is 1.38. The number of anilines is 2. The number of non-ortho nitro benzene ring substituents is 2. The molecule has 3 unspecified atom stereocenters. The van der Waals surface area contributed by atoms with Gasteiger partial charge in [-0.1, -0.05) is 24.3 Å². The Morgan fingerprint density at radius 1 is 0.778 bits per heavy atom. The van der Waals surface area contributed by atoms with Gasteiger partial charge in [-0.3, -0.25) is 34.7 Å². The summed E-state index contributed by atoms with van der Waals surface area (Å²) < 4.78 is 11.1. The smallest absolute Gasteiger partial charge is 0.343 e. The monoisotopic (exact) mass is 610 g/mol. The van der Waals surface area contributed by atoms with E-state index in [2.05, 4.69) is 0 Å². The van der Waals surface area contributed by atoms with E-state index in [9.17, 15) is 34.6 Å². The molecule has 0 radical (unpaired) electrons. The lowest BCUT2D eigenvalue weighted by Crippen LogP contribution is -2.37. The zero-order chi connectivity index (χ0) is 31.8. The molecule has 14 nitrogen and oxygen atoms in total. The van der Waals surface area contributed by atoms with Crippen LogP contribution in [-0.4, -0.2) is 40.8 Å². The Bertz CT molecular complexity index is 1830. The van der Waals surface area contributed by atoms with Gasteiger partial charge in [0.1, 0.15) is 5.92 Å². The van der Waals surface area contributed by atoms with Gasteiger partial charge in [0.25, 0.3) is 17.3 Å². The molecule has 0 spiro atoms. The maximum Gasteiger partial charge on any atom is 0.343 e. The van der Waals surface area contributed by atoms with Crippen molar-refractivity contribution in [1.82, 2.24) is 0 Å². The number of ether oxygens (including phenoxy) is 2. The quantitative estimate of drug-likeness (QED) is 0.0883. The second-order valence-electron chi connectivity index (χ2n) is 10.0. The predicted octanol–water partition coefficient (Wildman–Crippen LogP) is 4.78. The van der Waals surface area contributed by atoms with E-state index in [4.69, 9.17) is 14.3 Å². The van der Waals surface area contributed by atoms with Gasteiger partial charge >= 0.3 is 5.97 Å². The number of fused-ring (bicyclic) bond motifs is 1. The Morgan fingerprint density at radius 2 is 1.38 bits per heavy atom. The molecule has 2 aliphatic rings. The summed E-state index contributed by atoms with van der Waals surface area (Å²) in [5, 5.41) is 23.7. The summed E-state index contributed by atoms with van der Waals surface area (Å²) in [6, 6.07) is 22.4. The molecule has 0 bridgehead atoms. The van der Waals surface area contributed by atoms with E-state index in [0.717, 1.165) is 4.90 Å². The van der Waals surface area contributed by atoms with Crippen LogP contribution in [-0.2, 0) is 14.4 Å². The van der Waals surface area contributed by atoms with Gasteiger partial charge in [0.2, 0.25) is 5.91 Å². The number of esters is 1. The first kappa shape index (κ1) is 28.9. The molecule has 14 heteroatoms. The molecule has 2 saturated heterocycles. The van der Waals surface area contributed by atoms with E-state index in [1.807, 2.05) is 0 Å². The third-order valence-electron chi connectivity index (χ3n) is 7.49. The number of carbonyl (C=O) groups is 3. The van der Waals surface area contributed by atoms with Crippen LogP contribution in [0.25, 0.3) is 0 Å². The molecule has 0 aliphatic carbocycles. The first-order valence-corrected chi connectivity index (χ1v) is 13.5. The molecule has 6 rings (SSSR count). The van der Waals surface area contributed by atoms with Crippen molar-refractivity contribution < 1.29 is 38.5 Å². The molecule has 2 fully saturated rings. The number of amides is 2. The summed E-state index contributed by atoms with van der Waals surface area (Å²) in [4.78, 5) is 68.4. The first-order valence-electron chi connectivity index (χ1n) is 13.5. The van der Waals surface area contributed by atoms with Gasteiger partial charge in [0.05, 0.1) is 39.9 Å². The lowest BCUT2D eigenvalue weighted by atomic mass is 9.90. The van der Waals surface area contributed by atoms with Gasteiger partial charge in [-0.05, 0) is 54.1 Å². The minimum Gasteiger partial charge on any atom is -0.493 e. The predicted molar refractivity (Wildman–Crippen MR) is 157 cm³/mol. The lowest BCUT2D eigenvalue weighted by molar-refractivity contribution is -0.385. The standard InChI is InChI=1S/C31H22N4O10/c1-43-25-17-19(7-16-24(25)44-31(38)18-5-3-2-4-6-18)27-26-28(45-33(27)21-10-14-23(15-11-21)35(41)42)30(37)32(29(26)36)20-8-12-22(13-9-20)34(39)40/h2-17,26-28H,1H3. The van der Waals surface area contributed by atoms with Crippen LogP contribution in [0.2, 0.25) is 0 Å². The largest absolute Gasteiger partial charge is 0.493 e.